The Morgan fingerprint density at radius 1 is 1.13 bits per heavy atom. The highest BCUT2D eigenvalue weighted by Crippen LogP contribution is 2.30. The first kappa shape index (κ1) is 20.6. The third-order valence-electron chi connectivity index (χ3n) is 4.71. The molecule has 152 valence electrons. The van der Waals surface area contributed by atoms with Crippen molar-refractivity contribution < 1.29 is 23.9 Å². The Labute approximate surface area is 173 Å². The third-order valence-corrected chi connectivity index (χ3v) is 4.71. The molecule has 1 heterocycles. The van der Waals surface area contributed by atoms with Crippen LogP contribution in [0.1, 0.15) is 16.7 Å². The molecule has 3 rings (SSSR count). The van der Waals surface area contributed by atoms with Crippen molar-refractivity contribution >= 4 is 29.6 Å². The first-order chi connectivity index (χ1) is 14.4. The number of urea groups is 1. The second kappa shape index (κ2) is 8.49. The summed E-state index contributed by atoms with van der Waals surface area (Å²) in [5.41, 5.74) is 2.38. The van der Waals surface area contributed by atoms with Crippen LogP contribution in [0.2, 0.25) is 0 Å². The monoisotopic (exact) mass is 405 g/mol. The second-order valence-electron chi connectivity index (χ2n) is 6.53. The van der Waals surface area contributed by atoms with Crippen molar-refractivity contribution in [3.05, 3.63) is 58.7 Å². The summed E-state index contributed by atoms with van der Waals surface area (Å²) >= 11 is 0. The molecule has 1 aliphatic rings. The normalized spacial score (nSPS) is 15.1. The minimum Gasteiger partial charge on any atom is -0.493 e. The molecule has 0 saturated carbocycles. The predicted octanol–water partition coefficient (Wildman–Crippen LogP) is 2.88. The molecule has 0 radical (unpaired) electrons. The summed E-state index contributed by atoms with van der Waals surface area (Å²) in [6.07, 6.45) is 1.37. The van der Waals surface area contributed by atoms with E-state index in [1.807, 2.05) is 19.1 Å². The van der Waals surface area contributed by atoms with Gasteiger partial charge in [-0.3, -0.25) is 14.9 Å². The van der Waals surface area contributed by atoms with Crippen molar-refractivity contribution in [2.24, 2.45) is 0 Å². The number of amides is 4. The van der Waals surface area contributed by atoms with Crippen LogP contribution in [-0.4, -0.2) is 31.6 Å². The van der Waals surface area contributed by atoms with E-state index in [1.54, 1.807) is 37.3 Å². The van der Waals surface area contributed by atoms with Gasteiger partial charge in [0.1, 0.15) is 11.6 Å². The minimum absolute atomic E-state index is 0.148. The smallest absolute Gasteiger partial charge is 0.335 e. The second-order valence-corrected chi connectivity index (χ2v) is 6.53. The van der Waals surface area contributed by atoms with Crippen LogP contribution >= 0.6 is 0 Å². The van der Waals surface area contributed by atoms with E-state index in [-0.39, 0.29) is 12.2 Å². The Morgan fingerprint density at radius 3 is 2.60 bits per heavy atom. The molecule has 8 nitrogen and oxygen atoms in total. The van der Waals surface area contributed by atoms with Gasteiger partial charge in [-0.2, -0.15) is 5.26 Å². The van der Waals surface area contributed by atoms with Crippen molar-refractivity contribution in [3.8, 4) is 17.6 Å². The molecule has 30 heavy (non-hydrogen) atoms. The first-order valence-electron chi connectivity index (χ1n) is 9.02. The molecular weight excluding hydrogens is 386 g/mol. The number of ether oxygens (including phenoxy) is 2. The molecule has 0 unspecified atom stereocenters. The fraction of sp³-hybridized carbons (Fsp3) is 0.182. The molecule has 0 bridgehead atoms. The Bertz CT molecular complexity index is 1110. The Morgan fingerprint density at radius 2 is 1.90 bits per heavy atom. The Kier molecular flexibility index (Phi) is 5.83. The maximum Gasteiger partial charge on any atom is 0.335 e. The number of methoxy groups -OCH3 is 1. The van der Waals surface area contributed by atoms with Gasteiger partial charge in [0.15, 0.2) is 18.1 Å². The molecule has 1 N–H and O–H groups in total. The number of aryl methyl sites for hydroxylation is 1. The summed E-state index contributed by atoms with van der Waals surface area (Å²) < 4.78 is 10.5. The number of nitrogens with one attached hydrogen (secondary N) is 1. The van der Waals surface area contributed by atoms with Crippen molar-refractivity contribution in [1.29, 1.82) is 5.26 Å². The molecule has 4 amide bonds. The zero-order chi connectivity index (χ0) is 21.8. The zero-order valence-electron chi connectivity index (χ0n) is 16.7. The summed E-state index contributed by atoms with van der Waals surface area (Å²) in [5, 5.41) is 10.9. The van der Waals surface area contributed by atoms with Crippen LogP contribution in [0.25, 0.3) is 6.08 Å². The molecule has 0 aromatic heterocycles. The van der Waals surface area contributed by atoms with Crippen LogP contribution in [0.3, 0.4) is 0 Å². The maximum absolute atomic E-state index is 13.1. The number of hydrogen-bond acceptors (Lipinski definition) is 6. The van der Waals surface area contributed by atoms with Crippen LogP contribution in [0, 0.1) is 25.2 Å². The molecule has 2 aromatic carbocycles. The third kappa shape index (κ3) is 3.86. The number of anilines is 1. The number of barbiturate groups is 1. The number of carbonyl (C=O) groups excluding carboxylic acids is 3. The number of nitriles is 1. The van der Waals surface area contributed by atoms with Gasteiger partial charge in [0.05, 0.1) is 12.8 Å². The number of benzene rings is 2. The van der Waals surface area contributed by atoms with Crippen LogP contribution < -0.4 is 19.7 Å². The van der Waals surface area contributed by atoms with E-state index < -0.39 is 17.8 Å². The van der Waals surface area contributed by atoms with Gasteiger partial charge in [-0.1, -0.05) is 18.2 Å². The van der Waals surface area contributed by atoms with Gasteiger partial charge in [-0.15, -0.1) is 0 Å². The van der Waals surface area contributed by atoms with E-state index >= 15 is 0 Å². The molecule has 1 fully saturated rings. The van der Waals surface area contributed by atoms with Gasteiger partial charge in [0.2, 0.25) is 0 Å². The van der Waals surface area contributed by atoms with Crippen LogP contribution in [-0.2, 0) is 9.59 Å². The molecule has 8 heteroatoms. The zero-order valence-corrected chi connectivity index (χ0v) is 16.7. The highest BCUT2D eigenvalue weighted by Gasteiger charge is 2.37. The molecule has 0 atom stereocenters. The molecule has 1 saturated heterocycles. The van der Waals surface area contributed by atoms with Crippen molar-refractivity contribution in [3.63, 3.8) is 0 Å². The van der Waals surface area contributed by atoms with E-state index in [1.165, 1.54) is 13.2 Å². The van der Waals surface area contributed by atoms with Gasteiger partial charge in [0, 0.05) is 0 Å². The van der Waals surface area contributed by atoms with E-state index in [4.69, 9.17) is 14.7 Å². The standard InChI is InChI=1S/C22H19N3O5/c1-13-5-4-6-17(14(13)2)25-21(27)16(20(26)24-22(25)28)11-15-7-8-18(30-10-9-23)19(12-15)29-3/h4-8,11-12H,10H2,1-3H3,(H,24,26,28). The number of rotatable bonds is 5. The minimum atomic E-state index is -0.798. The summed E-state index contributed by atoms with van der Waals surface area (Å²) in [4.78, 5) is 38.8. The van der Waals surface area contributed by atoms with Gasteiger partial charge in [-0.05, 0) is 54.8 Å². The number of carbonyl (C=O) groups is 3. The highest BCUT2D eigenvalue weighted by molar-refractivity contribution is 6.39. The number of imide groups is 2. The summed E-state index contributed by atoms with van der Waals surface area (Å²) in [6, 6.07) is 11.1. The maximum atomic E-state index is 13.1. The lowest BCUT2D eigenvalue weighted by atomic mass is 10.0. The van der Waals surface area contributed by atoms with Gasteiger partial charge in [-0.25, -0.2) is 9.69 Å². The van der Waals surface area contributed by atoms with E-state index in [2.05, 4.69) is 5.32 Å². The lowest BCUT2D eigenvalue weighted by molar-refractivity contribution is -0.122. The van der Waals surface area contributed by atoms with Crippen molar-refractivity contribution in [2.75, 3.05) is 18.6 Å². The summed E-state index contributed by atoms with van der Waals surface area (Å²) in [6.45, 7) is 3.52. The lowest BCUT2D eigenvalue weighted by Crippen LogP contribution is -2.54. The quantitative estimate of drug-likeness (QED) is 0.605. The van der Waals surface area contributed by atoms with Crippen molar-refractivity contribution in [1.82, 2.24) is 5.32 Å². The molecule has 0 spiro atoms. The molecule has 0 aliphatic carbocycles. The average molecular weight is 405 g/mol. The number of nitrogens with zero attached hydrogens (tertiary/aromatic N) is 2. The van der Waals surface area contributed by atoms with Gasteiger partial charge in [0.25, 0.3) is 11.8 Å². The largest absolute Gasteiger partial charge is 0.493 e. The van der Waals surface area contributed by atoms with Crippen molar-refractivity contribution in [2.45, 2.75) is 13.8 Å². The fourth-order valence-corrected chi connectivity index (χ4v) is 3.02. The average Bonchev–Trinajstić information content (AvgIpc) is 2.72. The van der Waals surface area contributed by atoms with Crippen LogP contribution in [0.4, 0.5) is 10.5 Å². The highest BCUT2D eigenvalue weighted by atomic mass is 16.5. The number of hydrogen-bond donors (Lipinski definition) is 1. The van der Waals surface area contributed by atoms with Gasteiger partial charge < -0.3 is 9.47 Å². The Balaban J connectivity index is 2.01. The molecule has 1 aliphatic heterocycles. The van der Waals surface area contributed by atoms with E-state index in [0.29, 0.717) is 22.7 Å². The molecular formula is C22H19N3O5. The van der Waals surface area contributed by atoms with Crippen LogP contribution in [0.5, 0.6) is 11.5 Å². The topological polar surface area (TPSA) is 109 Å². The van der Waals surface area contributed by atoms with Gasteiger partial charge >= 0.3 is 6.03 Å². The summed E-state index contributed by atoms with van der Waals surface area (Å²) in [7, 11) is 1.44. The van der Waals surface area contributed by atoms with E-state index in [9.17, 15) is 14.4 Å². The predicted molar refractivity (Wildman–Crippen MR) is 109 cm³/mol. The Hall–Kier alpha value is -4.12. The van der Waals surface area contributed by atoms with E-state index in [0.717, 1.165) is 16.0 Å². The SMILES string of the molecule is COc1cc(C=C2C(=O)NC(=O)N(c3cccc(C)c3C)C2=O)ccc1OCC#N. The molecule has 2 aromatic rings. The van der Waals surface area contributed by atoms with Crippen LogP contribution in [0.15, 0.2) is 42.0 Å². The first-order valence-corrected chi connectivity index (χ1v) is 9.02. The summed E-state index contributed by atoms with van der Waals surface area (Å²) in [5.74, 6) is -0.810. The fourth-order valence-electron chi connectivity index (χ4n) is 3.02. The lowest BCUT2D eigenvalue weighted by Gasteiger charge is -2.28.